The van der Waals surface area contributed by atoms with E-state index in [1.165, 1.54) is 23.1 Å². The number of nitrogens with zero attached hydrogens (tertiary/aromatic N) is 5. The van der Waals surface area contributed by atoms with Crippen molar-refractivity contribution < 1.29 is 4.79 Å². The molecule has 0 spiro atoms. The second kappa shape index (κ2) is 6.88. The van der Waals surface area contributed by atoms with Crippen molar-refractivity contribution in [3.63, 3.8) is 0 Å². The van der Waals surface area contributed by atoms with Gasteiger partial charge in [-0.25, -0.2) is 4.98 Å². The quantitative estimate of drug-likeness (QED) is 0.714. The molecule has 0 fully saturated rings. The highest BCUT2D eigenvalue weighted by atomic mass is 32.2. The van der Waals surface area contributed by atoms with Gasteiger partial charge in [0.1, 0.15) is 0 Å². The lowest BCUT2D eigenvalue weighted by Crippen LogP contribution is -2.22. The fourth-order valence-corrected chi connectivity index (χ4v) is 3.22. The number of nitrogens with one attached hydrogen (secondary N) is 1. The van der Waals surface area contributed by atoms with Crippen molar-refractivity contribution in [2.75, 3.05) is 5.32 Å². The fraction of sp³-hybridized carbons (Fsp3) is 0.214. The lowest BCUT2D eigenvalue weighted by atomic mass is 10.2. The number of thioether (sulfide) groups is 1. The summed E-state index contributed by atoms with van der Waals surface area (Å²) in [5, 5.41) is 13.9. The van der Waals surface area contributed by atoms with E-state index in [1.807, 2.05) is 36.1 Å². The number of amides is 1. The summed E-state index contributed by atoms with van der Waals surface area (Å²) in [5.41, 5.74) is 0.932. The normalized spacial score (nSPS) is 12.1. The third-order valence-electron chi connectivity index (χ3n) is 3.09. The molecule has 0 unspecified atom stereocenters. The van der Waals surface area contributed by atoms with E-state index in [2.05, 4.69) is 25.5 Å². The van der Waals surface area contributed by atoms with Gasteiger partial charge in [-0.05, 0) is 19.1 Å². The van der Waals surface area contributed by atoms with Crippen molar-refractivity contribution in [2.24, 2.45) is 7.05 Å². The number of aromatic nitrogens is 5. The minimum absolute atomic E-state index is 0.113. The van der Waals surface area contributed by atoms with Gasteiger partial charge in [-0.15, -0.1) is 21.5 Å². The highest BCUT2D eigenvalue weighted by molar-refractivity contribution is 8.00. The van der Waals surface area contributed by atoms with E-state index in [4.69, 9.17) is 0 Å². The van der Waals surface area contributed by atoms with E-state index in [9.17, 15) is 4.79 Å². The van der Waals surface area contributed by atoms with Crippen LogP contribution in [0.4, 0.5) is 5.13 Å². The zero-order chi connectivity index (χ0) is 16.2. The predicted molar refractivity (Wildman–Crippen MR) is 90.3 cm³/mol. The molecule has 0 aromatic carbocycles. The first-order chi connectivity index (χ1) is 11.1. The van der Waals surface area contributed by atoms with Gasteiger partial charge < -0.3 is 9.88 Å². The van der Waals surface area contributed by atoms with Gasteiger partial charge in [0.2, 0.25) is 5.91 Å². The summed E-state index contributed by atoms with van der Waals surface area (Å²) in [5.74, 6) is 0.626. The van der Waals surface area contributed by atoms with Crippen molar-refractivity contribution in [2.45, 2.75) is 17.3 Å². The third-order valence-corrected chi connectivity index (χ3v) is 4.91. The van der Waals surface area contributed by atoms with Gasteiger partial charge in [-0.2, -0.15) is 0 Å². The summed E-state index contributed by atoms with van der Waals surface area (Å²) >= 11 is 2.74. The van der Waals surface area contributed by atoms with Crippen LogP contribution in [0.15, 0.2) is 41.3 Å². The van der Waals surface area contributed by atoms with Crippen LogP contribution in [0.3, 0.4) is 0 Å². The number of pyridine rings is 1. The SMILES string of the molecule is C[C@H](Sc1nnc(-c2ccncc2)n1C)C(=O)Nc1nccs1. The molecule has 1 atom stereocenters. The van der Waals surface area contributed by atoms with Crippen LogP contribution in [-0.4, -0.2) is 35.9 Å². The van der Waals surface area contributed by atoms with Crippen LogP contribution in [0.5, 0.6) is 0 Å². The third kappa shape index (κ3) is 3.57. The first-order valence-electron chi connectivity index (χ1n) is 6.82. The Bertz CT molecular complexity index is 787. The highest BCUT2D eigenvalue weighted by Crippen LogP contribution is 2.26. The molecule has 3 rings (SSSR count). The molecule has 0 radical (unpaired) electrons. The van der Waals surface area contributed by atoms with Crippen LogP contribution in [0.25, 0.3) is 11.4 Å². The minimum Gasteiger partial charge on any atom is -0.305 e. The Morgan fingerprint density at radius 2 is 2.09 bits per heavy atom. The summed E-state index contributed by atoms with van der Waals surface area (Å²) < 4.78 is 1.87. The van der Waals surface area contributed by atoms with Crippen LogP contribution in [0.2, 0.25) is 0 Å². The Morgan fingerprint density at radius 3 is 2.78 bits per heavy atom. The molecule has 3 aromatic rings. The molecule has 0 aliphatic carbocycles. The predicted octanol–water partition coefficient (Wildman–Crippen LogP) is 2.45. The van der Waals surface area contributed by atoms with Crippen LogP contribution in [-0.2, 0) is 11.8 Å². The minimum atomic E-state index is -0.313. The van der Waals surface area contributed by atoms with Gasteiger partial charge in [0.25, 0.3) is 0 Å². The lowest BCUT2D eigenvalue weighted by Gasteiger charge is -2.10. The molecule has 0 bridgehead atoms. The van der Waals surface area contributed by atoms with Crippen molar-refractivity contribution in [3.8, 4) is 11.4 Å². The fourth-order valence-electron chi connectivity index (χ4n) is 1.87. The summed E-state index contributed by atoms with van der Waals surface area (Å²) in [6, 6.07) is 3.74. The number of carbonyl (C=O) groups excluding carboxylic acids is 1. The van der Waals surface area contributed by atoms with E-state index in [1.54, 1.807) is 18.6 Å². The van der Waals surface area contributed by atoms with Crippen molar-refractivity contribution >= 4 is 34.1 Å². The second-order valence-electron chi connectivity index (χ2n) is 4.69. The van der Waals surface area contributed by atoms with Crippen LogP contribution < -0.4 is 5.32 Å². The molecule has 0 aliphatic heterocycles. The molecule has 3 aromatic heterocycles. The summed E-state index contributed by atoms with van der Waals surface area (Å²) in [6.45, 7) is 1.83. The Morgan fingerprint density at radius 1 is 1.30 bits per heavy atom. The van der Waals surface area contributed by atoms with E-state index in [0.717, 1.165) is 11.4 Å². The number of thiazole rings is 1. The lowest BCUT2D eigenvalue weighted by molar-refractivity contribution is -0.115. The Hall–Kier alpha value is -2.26. The van der Waals surface area contributed by atoms with Gasteiger partial charge in [0.05, 0.1) is 5.25 Å². The van der Waals surface area contributed by atoms with E-state index in [0.29, 0.717) is 10.3 Å². The summed E-state index contributed by atoms with van der Waals surface area (Å²) in [7, 11) is 1.88. The Labute approximate surface area is 141 Å². The maximum absolute atomic E-state index is 12.2. The smallest absolute Gasteiger partial charge is 0.239 e. The monoisotopic (exact) mass is 346 g/mol. The molecule has 7 nitrogen and oxygen atoms in total. The van der Waals surface area contributed by atoms with Gasteiger partial charge in [-0.1, -0.05) is 11.8 Å². The van der Waals surface area contributed by atoms with E-state index >= 15 is 0 Å². The second-order valence-corrected chi connectivity index (χ2v) is 6.89. The van der Waals surface area contributed by atoms with E-state index < -0.39 is 0 Å². The molecular weight excluding hydrogens is 332 g/mol. The average Bonchev–Trinajstić information content (AvgIpc) is 3.19. The molecule has 1 N–H and O–H groups in total. The summed E-state index contributed by atoms with van der Waals surface area (Å²) in [4.78, 5) is 20.2. The standard InChI is InChI=1S/C14H14N6OS2/c1-9(12(21)17-13-16-7-8-22-13)23-14-19-18-11(20(14)2)10-3-5-15-6-4-10/h3-9H,1-2H3,(H,16,17,21)/t9-/m0/s1. The first kappa shape index (κ1) is 15.6. The van der Waals surface area contributed by atoms with Gasteiger partial charge in [0, 0.05) is 36.6 Å². The zero-order valence-corrected chi connectivity index (χ0v) is 14.1. The molecule has 0 saturated carbocycles. The maximum atomic E-state index is 12.2. The molecule has 0 saturated heterocycles. The Balaban J connectivity index is 1.71. The highest BCUT2D eigenvalue weighted by Gasteiger charge is 2.20. The molecule has 1 amide bonds. The molecule has 118 valence electrons. The zero-order valence-electron chi connectivity index (χ0n) is 12.5. The van der Waals surface area contributed by atoms with Crippen LogP contribution >= 0.6 is 23.1 Å². The number of hydrogen-bond acceptors (Lipinski definition) is 7. The van der Waals surface area contributed by atoms with Gasteiger partial charge in [0.15, 0.2) is 16.1 Å². The average molecular weight is 346 g/mol. The van der Waals surface area contributed by atoms with Crippen molar-refractivity contribution in [1.29, 1.82) is 0 Å². The number of rotatable bonds is 5. The number of anilines is 1. The van der Waals surface area contributed by atoms with Gasteiger partial charge in [-0.3, -0.25) is 9.78 Å². The van der Waals surface area contributed by atoms with Gasteiger partial charge >= 0.3 is 0 Å². The number of carbonyl (C=O) groups is 1. The van der Waals surface area contributed by atoms with E-state index in [-0.39, 0.29) is 11.2 Å². The molecular formula is C14H14N6OS2. The topological polar surface area (TPSA) is 85.6 Å². The van der Waals surface area contributed by atoms with Crippen LogP contribution in [0, 0.1) is 0 Å². The first-order valence-corrected chi connectivity index (χ1v) is 8.58. The summed E-state index contributed by atoms with van der Waals surface area (Å²) in [6.07, 6.45) is 5.07. The molecule has 3 heterocycles. The maximum Gasteiger partial charge on any atom is 0.239 e. The molecule has 23 heavy (non-hydrogen) atoms. The molecule has 0 aliphatic rings. The van der Waals surface area contributed by atoms with Crippen molar-refractivity contribution in [1.82, 2.24) is 24.7 Å². The van der Waals surface area contributed by atoms with Crippen molar-refractivity contribution in [3.05, 3.63) is 36.1 Å². The largest absolute Gasteiger partial charge is 0.305 e. The van der Waals surface area contributed by atoms with Crippen LogP contribution in [0.1, 0.15) is 6.92 Å². The number of hydrogen-bond donors (Lipinski definition) is 1. The Kier molecular flexibility index (Phi) is 4.68. The molecule has 9 heteroatoms.